The van der Waals surface area contributed by atoms with Crippen LogP contribution in [-0.2, 0) is 0 Å². The molecule has 1 aromatic rings. The molecule has 0 aliphatic carbocycles. The average molecular weight is 341 g/mol. The molecule has 0 bridgehead atoms. The first-order valence-electron chi connectivity index (χ1n) is 7.76. The van der Waals surface area contributed by atoms with E-state index < -0.39 is 0 Å². The fourth-order valence-electron chi connectivity index (χ4n) is 3.06. The molecule has 0 saturated carbocycles. The van der Waals surface area contributed by atoms with Gasteiger partial charge < -0.3 is 19.5 Å². The summed E-state index contributed by atoms with van der Waals surface area (Å²) in [5.41, 5.74) is 0.510. The summed E-state index contributed by atoms with van der Waals surface area (Å²) in [6.07, 6.45) is -0.368. The zero-order valence-electron chi connectivity index (χ0n) is 13.3. The van der Waals surface area contributed by atoms with E-state index in [0.717, 1.165) is 6.54 Å². The zero-order valence-corrected chi connectivity index (χ0v) is 14.0. The van der Waals surface area contributed by atoms with Crippen molar-refractivity contribution in [3.63, 3.8) is 0 Å². The fraction of sp³-hybridized carbons (Fsp3) is 0.562. The van der Waals surface area contributed by atoms with Crippen LogP contribution in [-0.4, -0.2) is 65.9 Å². The SMILES string of the molecule is CC(O)CN1CCN(C(=O)c2cc(Cl)c3c(c2)OCO3)CC1C. The van der Waals surface area contributed by atoms with Crippen LogP contribution in [0.3, 0.4) is 0 Å². The second-order valence-corrected chi connectivity index (χ2v) is 6.54. The third-order valence-corrected chi connectivity index (χ3v) is 4.51. The van der Waals surface area contributed by atoms with Gasteiger partial charge in [-0.05, 0) is 26.0 Å². The van der Waals surface area contributed by atoms with E-state index in [9.17, 15) is 9.90 Å². The van der Waals surface area contributed by atoms with E-state index in [1.807, 2.05) is 4.90 Å². The third-order valence-electron chi connectivity index (χ3n) is 4.23. The molecular formula is C16H21ClN2O4. The van der Waals surface area contributed by atoms with Crippen LogP contribution in [0.25, 0.3) is 0 Å². The van der Waals surface area contributed by atoms with E-state index in [2.05, 4.69) is 11.8 Å². The van der Waals surface area contributed by atoms with E-state index in [0.29, 0.717) is 41.7 Å². The largest absolute Gasteiger partial charge is 0.454 e. The lowest BCUT2D eigenvalue weighted by Crippen LogP contribution is -2.54. The number of ether oxygens (including phenoxy) is 2. The van der Waals surface area contributed by atoms with Crippen LogP contribution >= 0.6 is 11.6 Å². The van der Waals surface area contributed by atoms with Crippen LogP contribution in [0.2, 0.25) is 5.02 Å². The van der Waals surface area contributed by atoms with Crippen molar-refractivity contribution in [1.82, 2.24) is 9.80 Å². The topological polar surface area (TPSA) is 62.2 Å². The molecule has 2 atom stereocenters. The Morgan fingerprint density at radius 1 is 1.43 bits per heavy atom. The molecule has 2 unspecified atom stereocenters. The molecule has 2 aliphatic heterocycles. The van der Waals surface area contributed by atoms with Gasteiger partial charge in [-0.3, -0.25) is 9.69 Å². The number of β-amino-alcohol motifs (C(OH)–C–C–N with tert-alkyl or cyclic N) is 1. The number of aliphatic hydroxyl groups is 1. The summed E-state index contributed by atoms with van der Waals surface area (Å²) >= 11 is 6.16. The maximum Gasteiger partial charge on any atom is 0.254 e. The van der Waals surface area contributed by atoms with Gasteiger partial charge in [0.05, 0.1) is 11.1 Å². The van der Waals surface area contributed by atoms with Crippen LogP contribution in [0.1, 0.15) is 24.2 Å². The van der Waals surface area contributed by atoms with Gasteiger partial charge in [-0.1, -0.05) is 11.6 Å². The Bertz CT molecular complexity index is 608. The van der Waals surface area contributed by atoms with Gasteiger partial charge in [0.2, 0.25) is 6.79 Å². The molecule has 2 heterocycles. The Kier molecular flexibility index (Phi) is 4.66. The van der Waals surface area contributed by atoms with E-state index in [4.69, 9.17) is 21.1 Å². The lowest BCUT2D eigenvalue weighted by Gasteiger charge is -2.40. The standard InChI is InChI=1S/C16H21ClN2O4/c1-10-7-19(4-3-18(10)8-11(2)20)16(21)12-5-13(17)15-14(6-12)22-9-23-15/h5-6,10-11,20H,3-4,7-9H2,1-2H3. The summed E-state index contributed by atoms with van der Waals surface area (Å²) in [7, 11) is 0. The maximum absolute atomic E-state index is 12.7. The molecule has 3 rings (SSSR count). The molecule has 1 aromatic carbocycles. The van der Waals surface area contributed by atoms with Gasteiger partial charge in [0, 0.05) is 37.8 Å². The first-order valence-corrected chi connectivity index (χ1v) is 8.14. The highest BCUT2D eigenvalue weighted by Crippen LogP contribution is 2.40. The summed E-state index contributed by atoms with van der Waals surface area (Å²) < 4.78 is 10.6. The molecule has 1 N–H and O–H groups in total. The molecule has 0 aromatic heterocycles. The van der Waals surface area contributed by atoms with Crippen LogP contribution in [0.5, 0.6) is 11.5 Å². The Morgan fingerprint density at radius 2 is 2.22 bits per heavy atom. The second-order valence-electron chi connectivity index (χ2n) is 6.14. The highest BCUT2D eigenvalue weighted by molar-refractivity contribution is 6.32. The average Bonchev–Trinajstić information content (AvgIpc) is 2.97. The van der Waals surface area contributed by atoms with Gasteiger partial charge >= 0.3 is 0 Å². The number of piperazine rings is 1. The van der Waals surface area contributed by atoms with Crippen molar-refractivity contribution in [2.75, 3.05) is 33.0 Å². The number of aliphatic hydroxyl groups excluding tert-OH is 1. The van der Waals surface area contributed by atoms with Crippen molar-refractivity contribution in [3.05, 3.63) is 22.7 Å². The lowest BCUT2D eigenvalue weighted by atomic mass is 10.1. The number of fused-ring (bicyclic) bond motifs is 1. The van der Waals surface area contributed by atoms with Crippen molar-refractivity contribution >= 4 is 17.5 Å². The molecule has 126 valence electrons. The number of rotatable bonds is 3. The molecule has 6 nitrogen and oxygen atoms in total. The van der Waals surface area contributed by atoms with E-state index >= 15 is 0 Å². The van der Waals surface area contributed by atoms with Gasteiger partial charge in [-0.2, -0.15) is 0 Å². The molecule has 23 heavy (non-hydrogen) atoms. The third kappa shape index (κ3) is 3.39. The van der Waals surface area contributed by atoms with Gasteiger partial charge in [-0.25, -0.2) is 0 Å². The quantitative estimate of drug-likeness (QED) is 0.905. The lowest BCUT2D eigenvalue weighted by molar-refractivity contribution is 0.0365. The second kappa shape index (κ2) is 6.55. The monoisotopic (exact) mass is 340 g/mol. The van der Waals surface area contributed by atoms with Crippen molar-refractivity contribution < 1.29 is 19.4 Å². The van der Waals surface area contributed by atoms with Crippen LogP contribution in [0.15, 0.2) is 12.1 Å². The number of hydrogen-bond acceptors (Lipinski definition) is 5. The van der Waals surface area contributed by atoms with Gasteiger partial charge in [0.15, 0.2) is 11.5 Å². The van der Waals surface area contributed by atoms with Crippen LogP contribution < -0.4 is 9.47 Å². The predicted octanol–water partition coefficient (Wildman–Crippen LogP) is 1.60. The first-order chi connectivity index (χ1) is 11.0. The van der Waals surface area contributed by atoms with Gasteiger partial charge in [-0.15, -0.1) is 0 Å². The Morgan fingerprint density at radius 3 is 2.91 bits per heavy atom. The Labute approximate surface area is 140 Å². The number of halogens is 1. The molecule has 1 fully saturated rings. The fourth-order valence-corrected chi connectivity index (χ4v) is 3.33. The number of benzene rings is 1. The van der Waals surface area contributed by atoms with E-state index in [-0.39, 0.29) is 24.8 Å². The number of carbonyl (C=O) groups is 1. The molecule has 7 heteroatoms. The van der Waals surface area contributed by atoms with Crippen molar-refractivity contribution in [2.24, 2.45) is 0 Å². The van der Waals surface area contributed by atoms with Crippen LogP contribution in [0.4, 0.5) is 0 Å². The Hall–Kier alpha value is -1.50. The molecule has 2 aliphatic rings. The van der Waals surface area contributed by atoms with E-state index in [1.165, 1.54) is 0 Å². The molecular weight excluding hydrogens is 320 g/mol. The zero-order chi connectivity index (χ0) is 16.6. The Balaban J connectivity index is 1.71. The highest BCUT2D eigenvalue weighted by atomic mass is 35.5. The minimum atomic E-state index is -0.368. The molecule has 0 spiro atoms. The minimum absolute atomic E-state index is 0.0613. The van der Waals surface area contributed by atoms with Crippen molar-refractivity contribution in [3.8, 4) is 11.5 Å². The minimum Gasteiger partial charge on any atom is -0.454 e. The van der Waals surface area contributed by atoms with Crippen molar-refractivity contribution in [1.29, 1.82) is 0 Å². The summed E-state index contributed by atoms with van der Waals surface area (Å²) in [5, 5.41) is 9.93. The summed E-state index contributed by atoms with van der Waals surface area (Å²) in [6, 6.07) is 3.51. The van der Waals surface area contributed by atoms with Crippen LogP contribution in [0, 0.1) is 0 Å². The number of carbonyl (C=O) groups excluding carboxylic acids is 1. The van der Waals surface area contributed by atoms with Gasteiger partial charge in [0.1, 0.15) is 0 Å². The smallest absolute Gasteiger partial charge is 0.254 e. The first kappa shape index (κ1) is 16.4. The molecule has 0 radical (unpaired) electrons. The molecule has 1 amide bonds. The van der Waals surface area contributed by atoms with Crippen molar-refractivity contribution in [2.45, 2.75) is 26.0 Å². The normalized spacial score (nSPS) is 22.3. The summed E-state index contributed by atoms with van der Waals surface area (Å²) in [6.45, 7) is 6.59. The van der Waals surface area contributed by atoms with Gasteiger partial charge in [0.25, 0.3) is 5.91 Å². The summed E-state index contributed by atoms with van der Waals surface area (Å²) in [5.74, 6) is 0.953. The number of nitrogens with zero attached hydrogens (tertiary/aromatic N) is 2. The highest BCUT2D eigenvalue weighted by Gasteiger charge is 2.29. The number of amides is 1. The maximum atomic E-state index is 12.7. The summed E-state index contributed by atoms with van der Waals surface area (Å²) in [4.78, 5) is 16.7. The number of hydrogen-bond donors (Lipinski definition) is 1. The predicted molar refractivity (Wildman–Crippen MR) is 86.2 cm³/mol. The van der Waals surface area contributed by atoms with E-state index in [1.54, 1.807) is 19.1 Å². The molecule has 1 saturated heterocycles.